The summed E-state index contributed by atoms with van der Waals surface area (Å²) in [5.41, 5.74) is 11.2. The quantitative estimate of drug-likeness (QED) is 0.167. The molecule has 0 amide bonds. The maximum atomic E-state index is 12.9. The summed E-state index contributed by atoms with van der Waals surface area (Å²) in [4.78, 5) is 20.5. The third-order valence-corrected chi connectivity index (χ3v) is 6.64. The van der Waals surface area contributed by atoms with E-state index in [0.29, 0.717) is 28.9 Å². The van der Waals surface area contributed by atoms with Crippen molar-refractivity contribution in [3.63, 3.8) is 0 Å². The van der Waals surface area contributed by atoms with Crippen molar-refractivity contribution in [3.05, 3.63) is 119 Å². The molecule has 0 saturated carbocycles. The van der Waals surface area contributed by atoms with Crippen LogP contribution in [0, 0.1) is 5.41 Å². The molecule has 0 fully saturated rings. The van der Waals surface area contributed by atoms with Crippen molar-refractivity contribution in [2.45, 2.75) is 12.3 Å². The van der Waals surface area contributed by atoms with E-state index in [0.717, 1.165) is 27.6 Å². The molecule has 1 atom stereocenters. The van der Waals surface area contributed by atoms with Gasteiger partial charge in [-0.25, -0.2) is 4.79 Å². The van der Waals surface area contributed by atoms with Crippen LogP contribution in [0.3, 0.4) is 0 Å². The molecule has 3 aromatic carbocycles. The average molecular weight is 491 g/mol. The molecule has 0 saturated heterocycles. The Labute approximate surface area is 214 Å². The van der Waals surface area contributed by atoms with E-state index in [1.807, 2.05) is 66.9 Å². The Morgan fingerprint density at radius 3 is 2.59 bits per heavy atom. The highest BCUT2D eigenvalue weighted by molar-refractivity contribution is 6.01. The first-order valence-electron chi connectivity index (χ1n) is 11.8. The van der Waals surface area contributed by atoms with Crippen molar-refractivity contribution in [2.75, 3.05) is 7.11 Å². The van der Waals surface area contributed by atoms with E-state index in [2.05, 4.69) is 9.97 Å². The van der Waals surface area contributed by atoms with Crippen LogP contribution < -0.4 is 10.5 Å². The van der Waals surface area contributed by atoms with Crippen LogP contribution in [0.1, 0.15) is 38.5 Å². The second-order valence-electron chi connectivity index (χ2n) is 8.81. The number of nitrogens with two attached hydrogens (primary N) is 1. The summed E-state index contributed by atoms with van der Waals surface area (Å²) in [5.74, 6) is -0.912. The maximum absolute atomic E-state index is 12.9. The van der Waals surface area contributed by atoms with Gasteiger partial charge in [0.1, 0.15) is 11.6 Å². The van der Waals surface area contributed by atoms with E-state index in [-0.39, 0.29) is 17.3 Å². The number of methoxy groups -OCH3 is 1. The first kappa shape index (κ1) is 23.8. The molecule has 0 aliphatic carbocycles. The topological polar surface area (TPSA) is 125 Å². The van der Waals surface area contributed by atoms with Gasteiger partial charge in [0, 0.05) is 46.5 Å². The summed E-state index contributed by atoms with van der Waals surface area (Å²) in [6.07, 6.45) is 5.91. The lowest BCUT2D eigenvalue weighted by Crippen LogP contribution is -2.14. The number of hydrogen-bond acceptors (Lipinski definition) is 4. The lowest BCUT2D eigenvalue weighted by atomic mass is 9.80. The third kappa shape index (κ3) is 4.54. The van der Waals surface area contributed by atoms with Gasteiger partial charge >= 0.3 is 5.97 Å². The minimum atomic E-state index is -1.03. The van der Waals surface area contributed by atoms with E-state index in [4.69, 9.17) is 15.9 Å². The van der Waals surface area contributed by atoms with Gasteiger partial charge in [0.05, 0.1) is 12.7 Å². The lowest BCUT2D eigenvalue weighted by Gasteiger charge is -2.24. The highest BCUT2D eigenvalue weighted by Gasteiger charge is 2.30. The van der Waals surface area contributed by atoms with Gasteiger partial charge in [0.25, 0.3) is 0 Å². The normalized spacial score (nSPS) is 11.8. The SMILES string of the molecule is COc1ccc(-c2ccccc2)c(C(=O)O)c1C(Cc1cccnc1)c1c[nH]c2cc(C(=N)N)ccc12. The molecular formula is C30H26N4O3. The molecule has 1 unspecified atom stereocenters. The van der Waals surface area contributed by atoms with Gasteiger partial charge in [-0.1, -0.05) is 48.5 Å². The molecule has 0 spiro atoms. The second-order valence-corrected chi connectivity index (χ2v) is 8.81. The zero-order valence-corrected chi connectivity index (χ0v) is 20.2. The number of carbonyl (C=O) groups is 1. The zero-order chi connectivity index (χ0) is 25.9. The number of ether oxygens (including phenoxy) is 1. The average Bonchev–Trinajstić information content (AvgIpc) is 3.35. The van der Waals surface area contributed by atoms with Crippen molar-refractivity contribution in [3.8, 4) is 16.9 Å². The number of aromatic carboxylic acids is 1. The van der Waals surface area contributed by atoms with Gasteiger partial charge in [-0.05, 0) is 52.9 Å². The minimum Gasteiger partial charge on any atom is -0.496 e. The van der Waals surface area contributed by atoms with E-state index < -0.39 is 5.97 Å². The number of benzene rings is 3. The Kier molecular flexibility index (Phi) is 6.43. The van der Waals surface area contributed by atoms with Crippen LogP contribution in [0.4, 0.5) is 0 Å². The molecule has 0 aliphatic rings. The van der Waals surface area contributed by atoms with Crippen LogP contribution in [0.5, 0.6) is 5.75 Å². The molecule has 7 nitrogen and oxygen atoms in total. The Bertz CT molecular complexity index is 1590. The van der Waals surface area contributed by atoms with Gasteiger partial charge in [-0.3, -0.25) is 10.4 Å². The Hall–Kier alpha value is -4.91. The van der Waals surface area contributed by atoms with Crippen molar-refractivity contribution in [1.82, 2.24) is 9.97 Å². The van der Waals surface area contributed by atoms with Gasteiger partial charge in [-0.15, -0.1) is 0 Å². The van der Waals surface area contributed by atoms with Crippen molar-refractivity contribution < 1.29 is 14.6 Å². The molecule has 184 valence electrons. The van der Waals surface area contributed by atoms with Crippen LogP contribution in [0.15, 0.2) is 91.4 Å². The molecule has 37 heavy (non-hydrogen) atoms. The molecule has 2 aromatic heterocycles. The number of aromatic nitrogens is 2. The smallest absolute Gasteiger partial charge is 0.336 e. The zero-order valence-electron chi connectivity index (χ0n) is 20.2. The second kappa shape index (κ2) is 9.99. The van der Waals surface area contributed by atoms with Crippen LogP contribution in [-0.4, -0.2) is 34.0 Å². The standard InChI is InChI=1S/C30H26N4O3/c1-37-26-12-11-21(19-7-3-2-4-8-19)28(30(35)36)27(26)23(14-18-6-5-13-33-16-18)24-17-34-25-15-20(29(31)32)9-10-22(24)25/h2-13,15-17,23,34H,14H2,1H3,(H3,31,32)(H,35,36). The molecule has 5 aromatic rings. The van der Waals surface area contributed by atoms with Crippen LogP contribution >= 0.6 is 0 Å². The number of carboxylic acids is 1. The number of pyridine rings is 1. The fourth-order valence-electron chi connectivity index (χ4n) is 4.94. The number of nitrogen functional groups attached to an aromatic ring is 1. The Morgan fingerprint density at radius 2 is 1.92 bits per heavy atom. The number of H-pyrrole nitrogens is 1. The number of aromatic amines is 1. The largest absolute Gasteiger partial charge is 0.496 e. The molecule has 0 aliphatic heterocycles. The number of hydrogen-bond donors (Lipinski definition) is 4. The number of fused-ring (bicyclic) bond motifs is 1. The Morgan fingerprint density at radius 1 is 1.11 bits per heavy atom. The number of nitrogens with zero attached hydrogens (tertiary/aromatic N) is 1. The maximum Gasteiger partial charge on any atom is 0.336 e. The fourth-order valence-corrected chi connectivity index (χ4v) is 4.94. The minimum absolute atomic E-state index is 0.0182. The number of nitrogens with one attached hydrogen (secondary N) is 2. The first-order chi connectivity index (χ1) is 18.0. The molecule has 5 rings (SSSR count). The monoisotopic (exact) mass is 490 g/mol. The van der Waals surface area contributed by atoms with E-state index >= 15 is 0 Å². The van der Waals surface area contributed by atoms with E-state index in [1.54, 1.807) is 31.6 Å². The van der Waals surface area contributed by atoms with E-state index in [9.17, 15) is 9.90 Å². The summed E-state index contributed by atoms with van der Waals surface area (Å²) in [6.45, 7) is 0. The molecule has 5 N–H and O–H groups in total. The van der Waals surface area contributed by atoms with Crippen LogP contribution in [0.2, 0.25) is 0 Å². The molecule has 0 radical (unpaired) electrons. The highest BCUT2D eigenvalue weighted by atomic mass is 16.5. The first-order valence-corrected chi connectivity index (χ1v) is 11.8. The highest BCUT2D eigenvalue weighted by Crippen LogP contribution is 2.43. The van der Waals surface area contributed by atoms with Gasteiger partial charge in [0.15, 0.2) is 0 Å². The predicted molar refractivity (Wildman–Crippen MR) is 144 cm³/mol. The lowest BCUT2D eigenvalue weighted by molar-refractivity contribution is 0.0695. The van der Waals surface area contributed by atoms with Crippen molar-refractivity contribution in [1.29, 1.82) is 5.41 Å². The molecule has 7 heteroatoms. The van der Waals surface area contributed by atoms with Crippen molar-refractivity contribution in [2.24, 2.45) is 5.73 Å². The molecule has 2 heterocycles. The predicted octanol–water partition coefficient (Wildman–Crippen LogP) is 5.60. The Balaban J connectivity index is 1.79. The summed E-state index contributed by atoms with van der Waals surface area (Å²) < 4.78 is 5.77. The summed E-state index contributed by atoms with van der Waals surface area (Å²) >= 11 is 0. The third-order valence-electron chi connectivity index (χ3n) is 6.64. The molecular weight excluding hydrogens is 464 g/mol. The van der Waals surface area contributed by atoms with Gasteiger partial charge in [0.2, 0.25) is 0 Å². The van der Waals surface area contributed by atoms with Gasteiger partial charge in [-0.2, -0.15) is 0 Å². The summed E-state index contributed by atoms with van der Waals surface area (Å²) in [7, 11) is 1.56. The molecule has 0 bridgehead atoms. The van der Waals surface area contributed by atoms with Crippen LogP contribution in [0.25, 0.3) is 22.0 Å². The fraction of sp³-hybridized carbons (Fsp3) is 0.100. The number of carboxylic acid groups (broad SMARTS) is 1. The van der Waals surface area contributed by atoms with Crippen LogP contribution in [-0.2, 0) is 6.42 Å². The van der Waals surface area contributed by atoms with Gasteiger partial charge < -0.3 is 20.6 Å². The number of amidine groups is 1. The summed E-state index contributed by atoms with van der Waals surface area (Å²) in [6, 6.07) is 22.5. The van der Waals surface area contributed by atoms with Crippen molar-refractivity contribution >= 4 is 22.7 Å². The summed E-state index contributed by atoms with van der Waals surface area (Å²) in [5, 5.41) is 19.3. The number of rotatable bonds is 8. The van der Waals surface area contributed by atoms with E-state index in [1.165, 1.54) is 0 Å².